The van der Waals surface area contributed by atoms with E-state index in [1.54, 1.807) is 0 Å². The molecule has 0 aromatic heterocycles. The standard InChI is InChI=1S/C14H19NO2/c1-14(2,3)17-13(16)10-5-4-9-7-12(15)8-11(9)6-10/h4-6,12H,7-8,15H2,1-3H3. The minimum Gasteiger partial charge on any atom is -0.456 e. The van der Waals surface area contributed by atoms with Crippen LogP contribution in [0.1, 0.15) is 42.3 Å². The smallest absolute Gasteiger partial charge is 0.338 e. The second-order valence-electron chi connectivity index (χ2n) is 5.65. The van der Waals surface area contributed by atoms with Crippen LogP contribution in [0.15, 0.2) is 18.2 Å². The lowest BCUT2D eigenvalue weighted by Crippen LogP contribution is -2.24. The van der Waals surface area contributed by atoms with Crippen LogP contribution in [0.3, 0.4) is 0 Å². The van der Waals surface area contributed by atoms with Crippen LogP contribution in [0.5, 0.6) is 0 Å². The number of benzene rings is 1. The summed E-state index contributed by atoms with van der Waals surface area (Å²) in [6.07, 6.45) is 1.76. The molecule has 17 heavy (non-hydrogen) atoms. The van der Waals surface area contributed by atoms with Gasteiger partial charge in [-0.25, -0.2) is 4.79 Å². The molecule has 1 aliphatic rings. The van der Waals surface area contributed by atoms with Crippen molar-refractivity contribution in [3.63, 3.8) is 0 Å². The Morgan fingerprint density at radius 3 is 2.59 bits per heavy atom. The van der Waals surface area contributed by atoms with Crippen LogP contribution in [0.4, 0.5) is 0 Å². The maximum Gasteiger partial charge on any atom is 0.338 e. The Balaban J connectivity index is 2.19. The lowest BCUT2D eigenvalue weighted by Gasteiger charge is -2.19. The molecule has 0 heterocycles. The second-order valence-corrected chi connectivity index (χ2v) is 5.65. The van der Waals surface area contributed by atoms with Gasteiger partial charge in [0, 0.05) is 6.04 Å². The van der Waals surface area contributed by atoms with E-state index < -0.39 is 5.60 Å². The summed E-state index contributed by atoms with van der Waals surface area (Å²) in [5.41, 5.74) is 8.50. The van der Waals surface area contributed by atoms with Gasteiger partial charge in [0.1, 0.15) is 5.60 Å². The Morgan fingerprint density at radius 1 is 1.29 bits per heavy atom. The second kappa shape index (κ2) is 4.15. The highest BCUT2D eigenvalue weighted by atomic mass is 16.6. The molecule has 0 fully saturated rings. The van der Waals surface area contributed by atoms with Gasteiger partial charge in [-0.2, -0.15) is 0 Å². The summed E-state index contributed by atoms with van der Waals surface area (Å²) in [6, 6.07) is 5.92. The average Bonchev–Trinajstić information content (AvgIpc) is 2.53. The normalized spacial score (nSPS) is 18.9. The summed E-state index contributed by atoms with van der Waals surface area (Å²) in [7, 11) is 0. The summed E-state index contributed by atoms with van der Waals surface area (Å²) in [5, 5.41) is 0. The number of carbonyl (C=O) groups is 1. The fraction of sp³-hybridized carbons (Fsp3) is 0.500. The molecule has 2 rings (SSSR count). The minimum absolute atomic E-state index is 0.193. The van der Waals surface area contributed by atoms with Crippen molar-refractivity contribution in [2.24, 2.45) is 5.73 Å². The summed E-state index contributed by atoms with van der Waals surface area (Å²) in [5.74, 6) is -0.263. The molecule has 1 unspecified atom stereocenters. The van der Waals surface area contributed by atoms with Crippen LogP contribution < -0.4 is 5.73 Å². The van der Waals surface area contributed by atoms with Gasteiger partial charge in [0.15, 0.2) is 0 Å². The Kier molecular flexibility index (Phi) is 2.96. The largest absolute Gasteiger partial charge is 0.456 e. The number of nitrogens with two attached hydrogens (primary N) is 1. The third-order valence-corrected chi connectivity index (χ3v) is 2.81. The lowest BCUT2D eigenvalue weighted by molar-refractivity contribution is 0.00694. The molecule has 0 aliphatic heterocycles. The third kappa shape index (κ3) is 2.86. The van der Waals surface area contributed by atoms with E-state index in [9.17, 15) is 4.79 Å². The van der Waals surface area contributed by atoms with Gasteiger partial charge in [-0.1, -0.05) is 6.07 Å². The van der Waals surface area contributed by atoms with Crippen molar-refractivity contribution in [3.05, 3.63) is 34.9 Å². The summed E-state index contributed by atoms with van der Waals surface area (Å²) >= 11 is 0. The highest BCUT2D eigenvalue weighted by molar-refractivity contribution is 5.90. The zero-order valence-corrected chi connectivity index (χ0v) is 10.6. The Hall–Kier alpha value is -1.35. The molecule has 1 aromatic carbocycles. The van der Waals surface area contributed by atoms with E-state index in [2.05, 4.69) is 0 Å². The van der Waals surface area contributed by atoms with E-state index in [-0.39, 0.29) is 12.0 Å². The van der Waals surface area contributed by atoms with Crippen molar-refractivity contribution >= 4 is 5.97 Å². The number of carbonyl (C=O) groups excluding carboxylic acids is 1. The Bertz CT molecular complexity index is 446. The fourth-order valence-corrected chi connectivity index (χ4v) is 2.12. The quantitative estimate of drug-likeness (QED) is 0.755. The third-order valence-electron chi connectivity index (χ3n) is 2.81. The van der Waals surface area contributed by atoms with Crippen LogP contribution in [0.2, 0.25) is 0 Å². The van der Waals surface area contributed by atoms with Crippen molar-refractivity contribution in [2.75, 3.05) is 0 Å². The molecule has 3 heteroatoms. The molecular weight excluding hydrogens is 214 g/mol. The molecule has 3 nitrogen and oxygen atoms in total. The van der Waals surface area contributed by atoms with Crippen LogP contribution in [-0.4, -0.2) is 17.6 Å². The van der Waals surface area contributed by atoms with Gasteiger partial charge in [-0.15, -0.1) is 0 Å². The monoisotopic (exact) mass is 233 g/mol. The molecule has 0 saturated carbocycles. The molecule has 0 spiro atoms. The first-order valence-electron chi connectivity index (χ1n) is 5.96. The number of rotatable bonds is 1. The number of esters is 1. The minimum atomic E-state index is -0.452. The van der Waals surface area contributed by atoms with Gasteiger partial charge in [-0.3, -0.25) is 0 Å². The van der Waals surface area contributed by atoms with Crippen molar-refractivity contribution in [1.82, 2.24) is 0 Å². The molecule has 0 amide bonds. The van der Waals surface area contributed by atoms with Gasteiger partial charge < -0.3 is 10.5 Å². The van der Waals surface area contributed by atoms with Gasteiger partial charge in [0.05, 0.1) is 5.56 Å². The van der Waals surface area contributed by atoms with Crippen molar-refractivity contribution < 1.29 is 9.53 Å². The van der Waals surface area contributed by atoms with E-state index in [1.807, 2.05) is 39.0 Å². The van der Waals surface area contributed by atoms with Gasteiger partial charge >= 0.3 is 5.97 Å². The first kappa shape index (κ1) is 12.1. The Morgan fingerprint density at radius 2 is 1.94 bits per heavy atom. The Labute approximate surface area is 102 Å². The van der Waals surface area contributed by atoms with Crippen LogP contribution in [0, 0.1) is 0 Å². The summed E-state index contributed by atoms with van der Waals surface area (Å²) in [4.78, 5) is 11.9. The number of hydrogen-bond donors (Lipinski definition) is 1. The van der Waals surface area contributed by atoms with Crippen LogP contribution >= 0.6 is 0 Å². The number of hydrogen-bond acceptors (Lipinski definition) is 3. The molecular formula is C14H19NO2. The number of ether oxygens (including phenoxy) is 1. The zero-order chi connectivity index (χ0) is 12.6. The molecule has 1 aliphatic carbocycles. The maximum absolute atomic E-state index is 11.9. The predicted molar refractivity (Wildman–Crippen MR) is 67.0 cm³/mol. The summed E-state index contributed by atoms with van der Waals surface area (Å²) < 4.78 is 5.34. The van der Waals surface area contributed by atoms with Crippen molar-refractivity contribution in [2.45, 2.75) is 45.3 Å². The van der Waals surface area contributed by atoms with Crippen LogP contribution in [0.25, 0.3) is 0 Å². The molecule has 1 aromatic rings. The zero-order valence-electron chi connectivity index (χ0n) is 10.6. The molecule has 0 saturated heterocycles. The fourth-order valence-electron chi connectivity index (χ4n) is 2.12. The molecule has 0 radical (unpaired) electrons. The van der Waals surface area contributed by atoms with E-state index >= 15 is 0 Å². The van der Waals surface area contributed by atoms with Gasteiger partial charge in [0.25, 0.3) is 0 Å². The van der Waals surface area contributed by atoms with Gasteiger partial charge in [0.2, 0.25) is 0 Å². The molecule has 92 valence electrons. The first-order chi connectivity index (χ1) is 7.85. The van der Waals surface area contributed by atoms with Crippen molar-refractivity contribution in [1.29, 1.82) is 0 Å². The number of fused-ring (bicyclic) bond motifs is 1. The topological polar surface area (TPSA) is 52.3 Å². The highest BCUT2D eigenvalue weighted by Gasteiger charge is 2.22. The first-order valence-corrected chi connectivity index (χ1v) is 5.96. The van der Waals surface area contributed by atoms with Crippen LogP contribution in [-0.2, 0) is 17.6 Å². The lowest BCUT2D eigenvalue weighted by atomic mass is 10.1. The molecule has 0 bridgehead atoms. The van der Waals surface area contributed by atoms with E-state index in [4.69, 9.17) is 10.5 Å². The van der Waals surface area contributed by atoms with E-state index in [1.165, 1.54) is 11.1 Å². The summed E-state index contributed by atoms with van der Waals surface area (Å²) in [6.45, 7) is 5.61. The highest BCUT2D eigenvalue weighted by Crippen LogP contribution is 2.23. The predicted octanol–water partition coefficient (Wildman–Crippen LogP) is 2.07. The average molecular weight is 233 g/mol. The van der Waals surface area contributed by atoms with E-state index in [0.717, 1.165) is 12.8 Å². The molecule has 1 atom stereocenters. The van der Waals surface area contributed by atoms with E-state index in [0.29, 0.717) is 5.56 Å². The maximum atomic E-state index is 11.9. The SMILES string of the molecule is CC(C)(C)OC(=O)c1ccc2c(c1)CC(N)C2. The van der Waals surface area contributed by atoms with Crippen molar-refractivity contribution in [3.8, 4) is 0 Å². The van der Waals surface area contributed by atoms with Gasteiger partial charge in [-0.05, 0) is 56.9 Å². The molecule has 2 N–H and O–H groups in total.